The van der Waals surface area contributed by atoms with E-state index in [9.17, 15) is 18.0 Å². The highest BCUT2D eigenvalue weighted by Gasteiger charge is 2.37. The van der Waals surface area contributed by atoms with Crippen LogP contribution >= 0.6 is 0 Å². The molecule has 9 nitrogen and oxygen atoms in total. The van der Waals surface area contributed by atoms with Crippen LogP contribution in [0.15, 0.2) is 23.6 Å². The van der Waals surface area contributed by atoms with E-state index in [-0.39, 0.29) is 24.6 Å². The number of hydrogen-bond donors (Lipinski definition) is 1. The number of aryl methyl sites for hydroxylation is 2. The number of nitrogens with one attached hydrogen (secondary N) is 1. The number of nitrogens with zero attached hydrogens (tertiary/aromatic N) is 7. The minimum atomic E-state index is -4.53. The summed E-state index contributed by atoms with van der Waals surface area (Å²) in [5, 5.41) is 10.4. The number of aromatic nitrogens is 4. The van der Waals surface area contributed by atoms with E-state index in [2.05, 4.69) is 20.5 Å². The molecule has 28 heavy (non-hydrogen) atoms. The van der Waals surface area contributed by atoms with Crippen LogP contribution in [0.4, 0.5) is 18.9 Å². The highest BCUT2D eigenvalue weighted by molar-refractivity contribution is 5.98. The van der Waals surface area contributed by atoms with E-state index in [1.165, 1.54) is 20.3 Å². The Morgan fingerprint density at radius 1 is 1.25 bits per heavy atom. The summed E-state index contributed by atoms with van der Waals surface area (Å²) in [6.07, 6.45) is 0.144. The Kier molecular flexibility index (Phi) is 5.29. The van der Waals surface area contributed by atoms with Gasteiger partial charge in [0.1, 0.15) is 6.54 Å². The van der Waals surface area contributed by atoms with Gasteiger partial charge in [0, 0.05) is 58.7 Å². The molecule has 2 aromatic heterocycles. The lowest BCUT2D eigenvalue weighted by atomic mass is 10.2. The summed E-state index contributed by atoms with van der Waals surface area (Å²) in [4.78, 5) is 19.9. The molecule has 152 valence electrons. The standard InChI is InChI=1S/C16H21F3N8O/c1-20-15(21-6-11-8-25(3)23-14(11)16(17,18)19)26-4-5-27(13(28)10-26)12-7-22-24(2)9-12/h7-9H,4-6,10H2,1-3H3,(H,20,21). The summed E-state index contributed by atoms with van der Waals surface area (Å²) in [5.41, 5.74) is -0.216. The van der Waals surface area contributed by atoms with Crippen LogP contribution in [0.1, 0.15) is 11.3 Å². The van der Waals surface area contributed by atoms with Crippen molar-refractivity contribution in [2.75, 3.05) is 31.6 Å². The zero-order valence-corrected chi connectivity index (χ0v) is 15.7. The molecular weight excluding hydrogens is 377 g/mol. The van der Waals surface area contributed by atoms with E-state index >= 15 is 0 Å². The molecule has 3 heterocycles. The van der Waals surface area contributed by atoms with Crippen molar-refractivity contribution < 1.29 is 18.0 Å². The van der Waals surface area contributed by atoms with Crippen molar-refractivity contribution in [3.05, 3.63) is 29.8 Å². The SMILES string of the molecule is CN=C(NCc1cn(C)nc1C(F)(F)F)N1CCN(c2cnn(C)c2)C(=O)C1. The molecule has 0 aromatic carbocycles. The van der Waals surface area contributed by atoms with Crippen molar-refractivity contribution >= 4 is 17.6 Å². The molecule has 1 amide bonds. The second-order valence-corrected chi connectivity index (χ2v) is 6.41. The summed E-state index contributed by atoms with van der Waals surface area (Å²) >= 11 is 0. The van der Waals surface area contributed by atoms with Crippen molar-refractivity contribution in [2.24, 2.45) is 19.1 Å². The fourth-order valence-electron chi connectivity index (χ4n) is 3.09. The van der Waals surface area contributed by atoms with E-state index in [0.29, 0.717) is 24.7 Å². The van der Waals surface area contributed by atoms with Gasteiger partial charge in [-0.3, -0.25) is 19.2 Å². The lowest BCUT2D eigenvalue weighted by molar-refractivity contribution is -0.142. The summed E-state index contributed by atoms with van der Waals surface area (Å²) in [6.45, 7) is 0.867. The molecule has 3 rings (SSSR count). The van der Waals surface area contributed by atoms with Crippen molar-refractivity contribution in [1.82, 2.24) is 29.8 Å². The van der Waals surface area contributed by atoms with Gasteiger partial charge < -0.3 is 15.1 Å². The number of aliphatic imine (C=N–C) groups is 1. The lowest BCUT2D eigenvalue weighted by Crippen LogP contribution is -2.55. The summed E-state index contributed by atoms with van der Waals surface area (Å²) in [7, 11) is 4.72. The average molecular weight is 398 g/mol. The number of rotatable bonds is 3. The quantitative estimate of drug-likeness (QED) is 0.605. The average Bonchev–Trinajstić information content (AvgIpc) is 3.21. The van der Waals surface area contributed by atoms with Gasteiger partial charge in [0.15, 0.2) is 11.7 Å². The van der Waals surface area contributed by atoms with Crippen molar-refractivity contribution in [3.63, 3.8) is 0 Å². The maximum atomic E-state index is 13.1. The van der Waals surface area contributed by atoms with Gasteiger partial charge in [-0.15, -0.1) is 0 Å². The molecule has 1 saturated heterocycles. The number of carbonyl (C=O) groups excluding carboxylic acids is 1. The number of piperazine rings is 1. The minimum Gasteiger partial charge on any atom is -0.352 e. The van der Waals surface area contributed by atoms with Crippen molar-refractivity contribution in [2.45, 2.75) is 12.7 Å². The third kappa shape index (κ3) is 4.10. The molecule has 0 atom stereocenters. The zero-order valence-electron chi connectivity index (χ0n) is 15.7. The van der Waals surface area contributed by atoms with Gasteiger partial charge in [0.25, 0.3) is 0 Å². The van der Waals surface area contributed by atoms with Crippen LogP contribution in [0.3, 0.4) is 0 Å². The number of hydrogen-bond acceptors (Lipinski definition) is 4. The third-order valence-electron chi connectivity index (χ3n) is 4.34. The topological polar surface area (TPSA) is 83.6 Å². The Bertz CT molecular complexity index is 885. The van der Waals surface area contributed by atoms with Crippen LogP contribution in [0.2, 0.25) is 0 Å². The monoisotopic (exact) mass is 398 g/mol. The molecule has 1 aliphatic rings. The molecule has 1 aliphatic heterocycles. The Morgan fingerprint density at radius 2 is 2.00 bits per heavy atom. The van der Waals surface area contributed by atoms with E-state index in [0.717, 1.165) is 4.68 Å². The molecule has 1 fully saturated rings. The Labute approximate surface area is 159 Å². The molecule has 2 aromatic rings. The highest BCUT2D eigenvalue weighted by atomic mass is 19.4. The van der Waals surface area contributed by atoms with Gasteiger partial charge in [-0.1, -0.05) is 0 Å². The van der Waals surface area contributed by atoms with Crippen LogP contribution < -0.4 is 10.2 Å². The predicted molar refractivity (Wildman–Crippen MR) is 95.5 cm³/mol. The molecular formula is C16H21F3N8O. The molecule has 12 heteroatoms. The van der Waals surface area contributed by atoms with E-state index in [1.807, 2.05) is 0 Å². The van der Waals surface area contributed by atoms with E-state index in [1.54, 1.807) is 33.9 Å². The summed E-state index contributed by atoms with van der Waals surface area (Å²) in [6, 6.07) is 0. The Hall–Kier alpha value is -3.05. The smallest absolute Gasteiger partial charge is 0.352 e. The molecule has 0 unspecified atom stereocenters. The molecule has 0 aliphatic carbocycles. The summed E-state index contributed by atoms with van der Waals surface area (Å²) in [5.74, 6) is 0.218. The molecule has 0 bridgehead atoms. The first kappa shape index (κ1) is 19.7. The van der Waals surface area contributed by atoms with Gasteiger partial charge in [0.2, 0.25) is 5.91 Å². The van der Waals surface area contributed by atoms with Crippen LogP contribution in [0.5, 0.6) is 0 Å². The zero-order chi connectivity index (χ0) is 20.5. The fourth-order valence-corrected chi connectivity index (χ4v) is 3.09. The first-order valence-electron chi connectivity index (χ1n) is 8.53. The second-order valence-electron chi connectivity index (χ2n) is 6.41. The van der Waals surface area contributed by atoms with Crippen LogP contribution in [-0.2, 0) is 31.6 Å². The van der Waals surface area contributed by atoms with Crippen molar-refractivity contribution in [1.29, 1.82) is 0 Å². The van der Waals surface area contributed by atoms with Crippen molar-refractivity contribution in [3.8, 4) is 0 Å². The first-order valence-corrected chi connectivity index (χ1v) is 8.53. The van der Waals surface area contributed by atoms with Gasteiger partial charge in [0.05, 0.1) is 11.9 Å². The lowest BCUT2D eigenvalue weighted by Gasteiger charge is -2.35. The Morgan fingerprint density at radius 3 is 2.57 bits per heavy atom. The minimum absolute atomic E-state index is 0.0106. The van der Waals surface area contributed by atoms with Gasteiger partial charge >= 0.3 is 6.18 Å². The van der Waals surface area contributed by atoms with Crippen LogP contribution in [-0.4, -0.2) is 63.0 Å². The fraction of sp³-hybridized carbons (Fsp3) is 0.500. The van der Waals surface area contributed by atoms with Gasteiger partial charge in [-0.05, 0) is 0 Å². The maximum Gasteiger partial charge on any atom is 0.435 e. The normalized spacial score (nSPS) is 16.1. The number of carbonyl (C=O) groups is 1. The molecule has 0 saturated carbocycles. The maximum absolute atomic E-state index is 13.1. The number of alkyl halides is 3. The number of anilines is 1. The van der Waals surface area contributed by atoms with Gasteiger partial charge in [-0.2, -0.15) is 23.4 Å². The molecule has 0 radical (unpaired) electrons. The Balaban J connectivity index is 1.65. The number of guanidine groups is 1. The van der Waals surface area contributed by atoms with E-state index < -0.39 is 11.9 Å². The van der Waals surface area contributed by atoms with Gasteiger partial charge in [-0.25, -0.2) is 0 Å². The highest BCUT2D eigenvalue weighted by Crippen LogP contribution is 2.30. The van der Waals surface area contributed by atoms with E-state index in [4.69, 9.17) is 0 Å². The third-order valence-corrected chi connectivity index (χ3v) is 4.34. The molecule has 1 N–H and O–H groups in total. The number of amides is 1. The van der Waals surface area contributed by atoms with Crippen LogP contribution in [0.25, 0.3) is 0 Å². The predicted octanol–water partition coefficient (Wildman–Crippen LogP) is 0.597. The van der Waals surface area contributed by atoms with Crippen LogP contribution in [0, 0.1) is 0 Å². The molecule has 0 spiro atoms. The number of halogens is 3. The largest absolute Gasteiger partial charge is 0.435 e. The summed E-state index contributed by atoms with van der Waals surface area (Å²) < 4.78 is 42.0. The first-order chi connectivity index (χ1) is 13.2. The second kappa shape index (κ2) is 7.52.